The zero-order valence-corrected chi connectivity index (χ0v) is 15.2. The summed E-state index contributed by atoms with van der Waals surface area (Å²) in [4.78, 5) is 28.2. The van der Waals surface area contributed by atoms with Crippen LogP contribution in [0.25, 0.3) is 0 Å². The van der Waals surface area contributed by atoms with Crippen LogP contribution in [0.3, 0.4) is 0 Å². The molecule has 0 unspecified atom stereocenters. The number of benzene rings is 2. The van der Waals surface area contributed by atoms with Crippen molar-refractivity contribution >= 4 is 23.5 Å². The molecule has 2 aromatic rings. The van der Waals surface area contributed by atoms with Gasteiger partial charge in [0, 0.05) is 36.8 Å². The Morgan fingerprint density at radius 3 is 2.23 bits per heavy atom. The van der Waals surface area contributed by atoms with Gasteiger partial charge in [-0.25, -0.2) is 4.79 Å². The lowest BCUT2D eigenvalue weighted by Gasteiger charge is -2.33. The fourth-order valence-electron chi connectivity index (χ4n) is 2.83. The first-order chi connectivity index (χ1) is 12.6. The van der Waals surface area contributed by atoms with Crippen molar-refractivity contribution in [3.8, 4) is 0 Å². The zero-order valence-electron chi connectivity index (χ0n) is 14.4. The molecule has 0 atom stereocenters. The Morgan fingerprint density at radius 2 is 1.58 bits per heavy atom. The molecule has 6 heteroatoms. The van der Waals surface area contributed by atoms with Crippen molar-refractivity contribution < 1.29 is 14.3 Å². The van der Waals surface area contributed by atoms with Gasteiger partial charge in [-0.1, -0.05) is 41.9 Å². The van der Waals surface area contributed by atoms with Crippen molar-refractivity contribution in [3.63, 3.8) is 0 Å². The van der Waals surface area contributed by atoms with Crippen LogP contribution in [0.15, 0.2) is 54.6 Å². The third-order valence-corrected chi connectivity index (χ3v) is 4.62. The number of Topliss-reactive ketones (excluding diaryl/α,β-unsaturated/α-hetero) is 1. The van der Waals surface area contributed by atoms with Crippen LogP contribution in [-0.4, -0.2) is 54.4 Å². The molecule has 0 bridgehead atoms. The van der Waals surface area contributed by atoms with Gasteiger partial charge >= 0.3 is 6.09 Å². The van der Waals surface area contributed by atoms with E-state index in [9.17, 15) is 9.59 Å². The highest BCUT2D eigenvalue weighted by Crippen LogP contribution is 2.12. The maximum absolute atomic E-state index is 12.3. The van der Waals surface area contributed by atoms with Gasteiger partial charge in [-0.15, -0.1) is 0 Å². The summed E-state index contributed by atoms with van der Waals surface area (Å²) in [5, 5.41) is 0.615. The Labute approximate surface area is 158 Å². The molecule has 0 aliphatic carbocycles. The van der Waals surface area contributed by atoms with E-state index in [1.54, 1.807) is 29.2 Å². The third kappa shape index (κ3) is 5.07. The molecule has 1 fully saturated rings. The first-order valence-electron chi connectivity index (χ1n) is 8.58. The second-order valence-electron chi connectivity index (χ2n) is 6.23. The molecule has 2 aromatic carbocycles. The van der Waals surface area contributed by atoms with Crippen LogP contribution in [0.1, 0.15) is 15.9 Å². The highest BCUT2D eigenvalue weighted by molar-refractivity contribution is 6.30. The van der Waals surface area contributed by atoms with Crippen molar-refractivity contribution in [1.82, 2.24) is 9.80 Å². The van der Waals surface area contributed by atoms with Crippen LogP contribution >= 0.6 is 11.6 Å². The molecule has 5 nitrogen and oxygen atoms in total. The van der Waals surface area contributed by atoms with Crippen molar-refractivity contribution in [2.75, 3.05) is 32.7 Å². The number of amides is 1. The number of carbonyl (C=O) groups excluding carboxylic acids is 2. The van der Waals surface area contributed by atoms with Crippen LogP contribution in [0.5, 0.6) is 0 Å². The van der Waals surface area contributed by atoms with Crippen LogP contribution in [-0.2, 0) is 11.3 Å². The highest BCUT2D eigenvalue weighted by atomic mass is 35.5. The van der Waals surface area contributed by atoms with E-state index in [1.807, 2.05) is 30.3 Å². The average Bonchev–Trinajstić information content (AvgIpc) is 2.68. The third-order valence-electron chi connectivity index (χ3n) is 4.37. The Kier molecular flexibility index (Phi) is 6.26. The fourth-order valence-corrected chi connectivity index (χ4v) is 2.96. The Morgan fingerprint density at radius 1 is 0.923 bits per heavy atom. The van der Waals surface area contributed by atoms with Gasteiger partial charge in [0.2, 0.25) is 0 Å². The van der Waals surface area contributed by atoms with Gasteiger partial charge in [-0.2, -0.15) is 0 Å². The molecular weight excluding hydrogens is 352 g/mol. The van der Waals surface area contributed by atoms with Crippen LogP contribution < -0.4 is 0 Å². The van der Waals surface area contributed by atoms with Gasteiger partial charge in [0.1, 0.15) is 6.61 Å². The molecule has 1 aliphatic heterocycles. The predicted octanol–water partition coefficient (Wildman–Crippen LogP) is 3.48. The Hall–Kier alpha value is -2.37. The topological polar surface area (TPSA) is 49.9 Å². The minimum atomic E-state index is -0.308. The number of hydrogen-bond donors (Lipinski definition) is 0. The summed E-state index contributed by atoms with van der Waals surface area (Å²) in [7, 11) is 0. The maximum Gasteiger partial charge on any atom is 0.410 e. The van der Waals surface area contributed by atoms with E-state index in [2.05, 4.69) is 4.90 Å². The van der Waals surface area contributed by atoms with Gasteiger partial charge in [-0.3, -0.25) is 9.69 Å². The fraction of sp³-hybridized carbons (Fsp3) is 0.300. The van der Waals surface area contributed by atoms with Gasteiger partial charge in [0.05, 0.1) is 6.54 Å². The lowest BCUT2D eigenvalue weighted by Crippen LogP contribution is -2.50. The summed E-state index contributed by atoms with van der Waals surface area (Å²) in [6.45, 7) is 3.03. The molecule has 1 saturated heterocycles. The number of ketones is 1. The average molecular weight is 373 g/mol. The van der Waals surface area contributed by atoms with Crippen LogP contribution in [0.2, 0.25) is 5.02 Å². The van der Waals surface area contributed by atoms with E-state index in [0.717, 1.165) is 5.56 Å². The number of halogens is 1. The number of carbonyl (C=O) groups is 2. The molecule has 26 heavy (non-hydrogen) atoms. The summed E-state index contributed by atoms with van der Waals surface area (Å²) in [5.74, 6) is 0.0572. The van der Waals surface area contributed by atoms with E-state index < -0.39 is 0 Å². The second kappa shape index (κ2) is 8.83. The first-order valence-corrected chi connectivity index (χ1v) is 8.96. The molecule has 0 saturated carbocycles. The molecular formula is C20H21ClN2O3. The predicted molar refractivity (Wildman–Crippen MR) is 100 cm³/mol. The zero-order chi connectivity index (χ0) is 18.4. The van der Waals surface area contributed by atoms with E-state index in [-0.39, 0.29) is 18.5 Å². The monoisotopic (exact) mass is 372 g/mol. The van der Waals surface area contributed by atoms with Gasteiger partial charge in [0.25, 0.3) is 0 Å². The van der Waals surface area contributed by atoms with E-state index in [4.69, 9.17) is 16.3 Å². The van der Waals surface area contributed by atoms with E-state index in [0.29, 0.717) is 43.3 Å². The number of nitrogens with zero attached hydrogens (tertiary/aromatic N) is 2. The molecule has 0 radical (unpaired) electrons. The molecule has 0 aromatic heterocycles. The molecule has 136 valence electrons. The quantitative estimate of drug-likeness (QED) is 0.754. The highest BCUT2D eigenvalue weighted by Gasteiger charge is 2.23. The minimum absolute atomic E-state index is 0.0572. The molecule has 1 amide bonds. The van der Waals surface area contributed by atoms with E-state index in [1.165, 1.54) is 0 Å². The first kappa shape index (κ1) is 18.4. The number of ether oxygens (including phenoxy) is 1. The van der Waals surface area contributed by atoms with Crippen molar-refractivity contribution in [2.24, 2.45) is 0 Å². The summed E-state index contributed by atoms with van der Waals surface area (Å²) < 4.78 is 5.35. The summed E-state index contributed by atoms with van der Waals surface area (Å²) in [6, 6.07) is 16.5. The van der Waals surface area contributed by atoms with Crippen molar-refractivity contribution in [1.29, 1.82) is 0 Å². The van der Waals surface area contributed by atoms with Crippen molar-refractivity contribution in [3.05, 3.63) is 70.7 Å². The molecule has 0 N–H and O–H groups in total. The van der Waals surface area contributed by atoms with Crippen LogP contribution in [0.4, 0.5) is 4.79 Å². The standard InChI is InChI=1S/C20H21ClN2O3/c21-18-8-6-17(7-9-18)19(24)14-22-10-12-23(13-11-22)20(25)26-15-16-4-2-1-3-5-16/h1-9H,10-15H2. The molecule has 3 rings (SSSR count). The Balaban J connectivity index is 1.42. The number of piperazine rings is 1. The lowest BCUT2D eigenvalue weighted by molar-refractivity contribution is 0.0678. The Bertz CT molecular complexity index is 741. The molecule has 1 aliphatic rings. The summed E-state index contributed by atoms with van der Waals surface area (Å²) in [5.41, 5.74) is 1.62. The van der Waals surface area contributed by atoms with Gasteiger partial charge in [0.15, 0.2) is 5.78 Å². The SMILES string of the molecule is O=C(CN1CCN(C(=O)OCc2ccccc2)CC1)c1ccc(Cl)cc1. The summed E-state index contributed by atoms with van der Waals surface area (Å²) in [6.07, 6.45) is -0.308. The lowest BCUT2D eigenvalue weighted by atomic mass is 10.1. The van der Waals surface area contributed by atoms with Gasteiger partial charge < -0.3 is 9.64 Å². The maximum atomic E-state index is 12.3. The normalized spacial score (nSPS) is 14.9. The largest absolute Gasteiger partial charge is 0.445 e. The number of rotatable bonds is 5. The second-order valence-corrected chi connectivity index (χ2v) is 6.67. The molecule has 0 spiro atoms. The van der Waals surface area contributed by atoms with Crippen LogP contribution in [0, 0.1) is 0 Å². The summed E-state index contributed by atoms with van der Waals surface area (Å²) >= 11 is 5.85. The smallest absolute Gasteiger partial charge is 0.410 e. The minimum Gasteiger partial charge on any atom is -0.445 e. The van der Waals surface area contributed by atoms with E-state index >= 15 is 0 Å². The van der Waals surface area contributed by atoms with Crippen molar-refractivity contribution in [2.45, 2.75) is 6.61 Å². The van der Waals surface area contributed by atoms with Gasteiger partial charge in [-0.05, 0) is 29.8 Å². The molecule has 1 heterocycles. The number of hydrogen-bond acceptors (Lipinski definition) is 4.